The monoisotopic (exact) mass is 379 g/mol. The molecule has 3 atom stereocenters. The zero-order valence-corrected chi connectivity index (χ0v) is 16.7. The largest absolute Gasteiger partial charge is 0.357 e. The molecule has 3 amide bonds. The Morgan fingerprint density at radius 2 is 1.69 bits per heavy atom. The molecule has 1 unspecified atom stereocenters. The van der Waals surface area contributed by atoms with Gasteiger partial charge in [0.2, 0.25) is 17.7 Å². The highest BCUT2D eigenvalue weighted by atomic mass is 32.1. The minimum absolute atomic E-state index is 0.187. The first-order chi connectivity index (χ1) is 12.2. The van der Waals surface area contributed by atoms with Crippen molar-refractivity contribution < 1.29 is 14.4 Å². The summed E-state index contributed by atoms with van der Waals surface area (Å²) in [4.78, 5) is 39.2. The zero-order chi connectivity index (χ0) is 19.9. The summed E-state index contributed by atoms with van der Waals surface area (Å²) in [6, 6.07) is 7.42. The molecule has 0 radical (unpaired) electrons. The normalized spacial score (nSPS) is 14.4. The van der Waals surface area contributed by atoms with Crippen LogP contribution in [-0.4, -0.2) is 47.0 Å². The molecule has 1 aromatic rings. The molecule has 0 aliphatic rings. The van der Waals surface area contributed by atoms with Crippen LogP contribution in [-0.2, 0) is 20.8 Å². The second-order valence-electron chi connectivity index (χ2n) is 6.78. The number of benzene rings is 1. The summed E-state index contributed by atoms with van der Waals surface area (Å²) >= 11 is 4.17. The quantitative estimate of drug-likeness (QED) is 0.595. The molecule has 3 N–H and O–H groups in total. The number of hydrogen-bond donors (Lipinski definition) is 3. The Labute approximate surface area is 160 Å². The highest BCUT2D eigenvalue weighted by Gasteiger charge is 2.38. The van der Waals surface area contributed by atoms with Crippen LogP contribution < -0.4 is 11.1 Å². The number of imide groups is 1. The topological polar surface area (TPSA) is 92.5 Å². The summed E-state index contributed by atoms with van der Waals surface area (Å²) in [5, 5.41) is 1.81. The number of likely N-dealkylation sites (N-methyl/N-ethyl adjacent to an activating group) is 1. The first-order valence-electron chi connectivity index (χ1n) is 8.75. The Hall–Kier alpha value is -1.86. The predicted molar refractivity (Wildman–Crippen MR) is 106 cm³/mol. The van der Waals surface area contributed by atoms with Crippen molar-refractivity contribution in [1.82, 2.24) is 10.2 Å². The van der Waals surface area contributed by atoms with Crippen LogP contribution in [0.15, 0.2) is 30.3 Å². The number of rotatable bonds is 8. The van der Waals surface area contributed by atoms with Gasteiger partial charge in [-0.1, -0.05) is 44.2 Å². The molecular formula is C19H29N3O3S. The molecule has 0 fully saturated rings. The Kier molecular flexibility index (Phi) is 8.81. The maximum atomic E-state index is 12.9. The summed E-state index contributed by atoms with van der Waals surface area (Å²) in [5.41, 5.74) is 6.87. The van der Waals surface area contributed by atoms with Crippen LogP contribution in [0.4, 0.5) is 0 Å². The van der Waals surface area contributed by atoms with Crippen LogP contribution in [0, 0.1) is 5.92 Å². The Morgan fingerprint density at radius 1 is 1.12 bits per heavy atom. The lowest BCUT2D eigenvalue weighted by Crippen LogP contribution is -2.58. The van der Waals surface area contributed by atoms with E-state index in [1.165, 1.54) is 7.05 Å². The molecule has 0 heterocycles. The molecule has 1 aromatic carbocycles. The lowest BCUT2D eigenvalue weighted by atomic mass is 9.99. The van der Waals surface area contributed by atoms with E-state index in [1.807, 2.05) is 44.2 Å². The molecule has 1 rings (SSSR count). The smallest absolute Gasteiger partial charge is 0.246 e. The van der Waals surface area contributed by atoms with Crippen LogP contribution in [0.2, 0.25) is 0 Å². The van der Waals surface area contributed by atoms with Crippen molar-refractivity contribution in [2.75, 3.05) is 7.05 Å². The predicted octanol–water partition coefficient (Wildman–Crippen LogP) is 1.39. The van der Waals surface area contributed by atoms with Gasteiger partial charge in [-0.25, -0.2) is 0 Å². The first-order valence-corrected chi connectivity index (χ1v) is 9.26. The van der Waals surface area contributed by atoms with E-state index >= 15 is 0 Å². The van der Waals surface area contributed by atoms with Gasteiger partial charge in [-0.15, -0.1) is 0 Å². The van der Waals surface area contributed by atoms with Gasteiger partial charge in [0.05, 0.1) is 11.3 Å². The SMILES string of the molecule is CNC(=O)[C@H](Cc1ccccc1)N(C(=O)C(C)S)C(=O)[C@@H](N)CC(C)C. The number of hydrogen-bond acceptors (Lipinski definition) is 5. The Balaban J connectivity index is 3.26. The first kappa shape index (κ1) is 22.2. The van der Waals surface area contributed by atoms with Gasteiger partial charge >= 0.3 is 0 Å². The van der Waals surface area contributed by atoms with Crippen molar-refractivity contribution in [3.8, 4) is 0 Å². The molecule has 6 nitrogen and oxygen atoms in total. The van der Waals surface area contributed by atoms with Gasteiger partial charge in [0.25, 0.3) is 0 Å². The number of nitrogens with two attached hydrogens (primary N) is 1. The number of amides is 3. The lowest BCUT2D eigenvalue weighted by Gasteiger charge is -2.32. The van der Waals surface area contributed by atoms with Gasteiger partial charge in [-0.05, 0) is 24.8 Å². The van der Waals surface area contributed by atoms with Crippen molar-refractivity contribution in [2.24, 2.45) is 11.7 Å². The van der Waals surface area contributed by atoms with Gasteiger partial charge in [0, 0.05) is 13.5 Å². The van der Waals surface area contributed by atoms with E-state index in [9.17, 15) is 14.4 Å². The van der Waals surface area contributed by atoms with E-state index in [0.717, 1.165) is 10.5 Å². The number of carbonyl (C=O) groups is 3. The third kappa shape index (κ3) is 6.14. The molecule has 0 aliphatic heterocycles. The van der Waals surface area contributed by atoms with E-state index in [1.54, 1.807) is 6.92 Å². The summed E-state index contributed by atoms with van der Waals surface area (Å²) in [5.74, 6) is -1.30. The second kappa shape index (κ2) is 10.3. The van der Waals surface area contributed by atoms with Gasteiger partial charge < -0.3 is 11.1 Å². The molecule has 0 aliphatic carbocycles. The van der Waals surface area contributed by atoms with Crippen molar-refractivity contribution in [2.45, 2.75) is 50.9 Å². The maximum absolute atomic E-state index is 12.9. The third-order valence-corrected chi connectivity index (χ3v) is 4.23. The van der Waals surface area contributed by atoms with Crippen LogP contribution in [0.5, 0.6) is 0 Å². The van der Waals surface area contributed by atoms with E-state index in [-0.39, 0.29) is 12.3 Å². The molecule has 0 spiro atoms. The molecule has 0 aromatic heterocycles. The molecule has 26 heavy (non-hydrogen) atoms. The minimum atomic E-state index is -0.977. The average molecular weight is 380 g/mol. The summed E-state index contributed by atoms with van der Waals surface area (Å²) < 4.78 is 0. The van der Waals surface area contributed by atoms with Crippen molar-refractivity contribution in [3.63, 3.8) is 0 Å². The van der Waals surface area contributed by atoms with Crippen molar-refractivity contribution in [1.29, 1.82) is 0 Å². The van der Waals surface area contributed by atoms with E-state index in [0.29, 0.717) is 6.42 Å². The summed E-state index contributed by atoms with van der Waals surface area (Å²) in [6.07, 6.45) is 0.641. The highest BCUT2D eigenvalue weighted by molar-refractivity contribution is 7.81. The standard InChI is InChI=1S/C19H29N3O3S/c1-12(2)10-15(20)19(25)22(18(24)13(3)26)16(17(23)21-4)11-14-8-6-5-7-9-14/h5-9,12-13,15-16,26H,10-11,20H2,1-4H3,(H,21,23)/t13?,15-,16-/m0/s1. The summed E-state index contributed by atoms with van der Waals surface area (Å²) in [7, 11) is 1.48. The van der Waals surface area contributed by atoms with Crippen molar-refractivity contribution >= 4 is 30.4 Å². The van der Waals surface area contributed by atoms with Gasteiger partial charge in [-0.3, -0.25) is 19.3 Å². The fourth-order valence-electron chi connectivity index (χ4n) is 2.71. The number of carbonyl (C=O) groups excluding carboxylic acids is 3. The third-order valence-electron chi connectivity index (χ3n) is 4.01. The number of thiol groups is 1. The fraction of sp³-hybridized carbons (Fsp3) is 0.526. The van der Waals surface area contributed by atoms with Crippen LogP contribution in [0.1, 0.15) is 32.8 Å². The zero-order valence-electron chi connectivity index (χ0n) is 15.8. The van der Waals surface area contributed by atoms with Crippen LogP contribution in [0.25, 0.3) is 0 Å². The average Bonchev–Trinajstić information content (AvgIpc) is 2.60. The molecule has 0 saturated carbocycles. The molecule has 0 saturated heterocycles. The second-order valence-corrected chi connectivity index (χ2v) is 7.55. The molecular weight excluding hydrogens is 350 g/mol. The Bertz CT molecular complexity index is 620. The van der Waals surface area contributed by atoms with E-state index in [4.69, 9.17) is 5.73 Å². The number of nitrogens with zero attached hydrogens (tertiary/aromatic N) is 1. The van der Waals surface area contributed by atoms with Gasteiger partial charge in [0.15, 0.2) is 0 Å². The summed E-state index contributed by atoms with van der Waals surface area (Å²) in [6.45, 7) is 5.46. The van der Waals surface area contributed by atoms with E-state index < -0.39 is 35.1 Å². The van der Waals surface area contributed by atoms with Crippen LogP contribution >= 0.6 is 12.6 Å². The van der Waals surface area contributed by atoms with Crippen molar-refractivity contribution in [3.05, 3.63) is 35.9 Å². The molecule has 0 bridgehead atoms. The van der Waals surface area contributed by atoms with E-state index in [2.05, 4.69) is 17.9 Å². The lowest BCUT2D eigenvalue weighted by molar-refractivity contribution is -0.152. The Morgan fingerprint density at radius 3 is 2.15 bits per heavy atom. The maximum Gasteiger partial charge on any atom is 0.246 e. The van der Waals surface area contributed by atoms with Gasteiger partial charge in [0.1, 0.15) is 6.04 Å². The fourth-order valence-corrected chi connectivity index (χ4v) is 2.83. The highest BCUT2D eigenvalue weighted by Crippen LogP contribution is 2.16. The number of nitrogens with one attached hydrogen (secondary N) is 1. The molecule has 7 heteroatoms. The van der Waals surface area contributed by atoms with Gasteiger partial charge in [-0.2, -0.15) is 12.6 Å². The van der Waals surface area contributed by atoms with Crippen LogP contribution in [0.3, 0.4) is 0 Å². The molecule has 144 valence electrons. The minimum Gasteiger partial charge on any atom is -0.357 e.